The van der Waals surface area contributed by atoms with Crippen molar-refractivity contribution < 1.29 is 47.7 Å². The number of esters is 1. The summed E-state index contributed by atoms with van der Waals surface area (Å²) in [5.74, 6) is -1.39. The Hall–Kier alpha value is -5.96. The molecular formula is C40H45N5O10. The maximum Gasteiger partial charge on any atom is 0.323 e. The normalized spacial score (nSPS) is 18.5. The van der Waals surface area contributed by atoms with E-state index in [4.69, 9.17) is 18.9 Å². The van der Waals surface area contributed by atoms with E-state index in [1.54, 1.807) is 44.6 Å². The summed E-state index contributed by atoms with van der Waals surface area (Å²) in [6, 6.07) is 16.2. The first-order valence-electron chi connectivity index (χ1n) is 18.4. The fraction of sp³-hybridized carbons (Fsp3) is 0.400. The number of hydrogen-bond donors (Lipinski definition) is 4. The van der Waals surface area contributed by atoms with Crippen molar-refractivity contribution in [1.29, 1.82) is 0 Å². The average molecular weight is 756 g/mol. The lowest BCUT2D eigenvalue weighted by atomic mass is 10.00. The predicted octanol–water partition coefficient (Wildman–Crippen LogP) is 3.07. The Morgan fingerprint density at radius 3 is 2.49 bits per heavy atom. The molecule has 15 nitrogen and oxygen atoms in total. The number of hydrogen-bond acceptors (Lipinski definition) is 12. The van der Waals surface area contributed by atoms with Crippen LogP contribution in [0.3, 0.4) is 0 Å². The molecule has 2 unspecified atom stereocenters. The van der Waals surface area contributed by atoms with Crippen molar-refractivity contribution in [3.8, 4) is 17.2 Å². The Morgan fingerprint density at radius 1 is 0.909 bits per heavy atom. The lowest BCUT2D eigenvalue weighted by Crippen LogP contribution is -2.54. The van der Waals surface area contributed by atoms with Crippen molar-refractivity contribution in [3.63, 3.8) is 0 Å². The van der Waals surface area contributed by atoms with E-state index in [1.165, 1.54) is 6.07 Å². The summed E-state index contributed by atoms with van der Waals surface area (Å²) in [6.07, 6.45) is 3.26. The van der Waals surface area contributed by atoms with Gasteiger partial charge in [0.25, 0.3) is 17.7 Å². The van der Waals surface area contributed by atoms with Crippen molar-refractivity contribution in [2.45, 2.75) is 63.1 Å². The number of imide groups is 2. The largest absolute Gasteiger partial charge is 0.493 e. The fourth-order valence-corrected chi connectivity index (χ4v) is 6.97. The monoisotopic (exact) mass is 755 g/mol. The zero-order chi connectivity index (χ0) is 38.9. The zero-order valence-corrected chi connectivity index (χ0v) is 30.8. The van der Waals surface area contributed by atoms with E-state index in [-0.39, 0.29) is 61.6 Å². The van der Waals surface area contributed by atoms with Gasteiger partial charge in [-0.25, -0.2) is 0 Å². The second kappa shape index (κ2) is 17.9. The Labute approximate surface area is 318 Å². The molecule has 2 fully saturated rings. The van der Waals surface area contributed by atoms with Crippen molar-refractivity contribution >= 4 is 41.2 Å². The molecular weight excluding hydrogens is 710 g/mol. The lowest BCUT2D eigenvalue weighted by molar-refractivity contribution is -0.153. The van der Waals surface area contributed by atoms with Crippen LogP contribution in [-0.2, 0) is 30.3 Å². The van der Waals surface area contributed by atoms with Gasteiger partial charge in [0.2, 0.25) is 11.8 Å². The molecule has 0 saturated carbocycles. The van der Waals surface area contributed by atoms with Crippen LogP contribution in [0.5, 0.6) is 17.2 Å². The van der Waals surface area contributed by atoms with Crippen LogP contribution < -0.4 is 35.5 Å². The third-order valence-corrected chi connectivity index (χ3v) is 9.83. The molecule has 0 aromatic heterocycles. The Bertz CT molecular complexity index is 1940. The number of aryl methyl sites for hydroxylation is 1. The van der Waals surface area contributed by atoms with Crippen LogP contribution in [0, 0.1) is 0 Å². The summed E-state index contributed by atoms with van der Waals surface area (Å²) < 4.78 is 22.7. The average Bonchev–Trinajstić information content (AvgIpc) is 3.46. The second-order valence-corrected chi connectivity index (χ2v) is 13.5. The first-order chi connectivity index (χ1) is 26.7. The van der Waals surface area contributed by atoms with Gasteiger partial charge in [0, 0.05) is 25.2 Å². The molecule has 3 heterocycles. The minimum Gasteiger partial charge on any atom is -0.493 e. The van der Waals surface area contributed by atoms with Crippen LogP contribution in [0.2, 0.25) is 0 Å². The van der Waals surface area contributed by atoms with Gasteiger partial charge in [-0.2, -0.15) is 0 Å². The molecule has 4 N–H and O–H groups in total. The molecule has 15 heteroatoms. The predicted molar refractivity (Wildman–Crippen MR) is 199 cm³/mol. The van der Waals surface area contributed by atoms with Crippen LogP contribution in [-0.4, -0.2) is 92.9 Å². The van der Waals surface area contributed by atoms with Gasteiger partial charge in [-0.1, -0.05) is 30.7 Å². The fourth-order valence-electron chi connectivity index (χ4n) is 6.97. The molecule has 0 bridgehead atoms. The van der Waals surface area contributed by atoms with Crippen LogP contribution >= 0.6 is 0 Å². The number of rotatable bonds is 16. The van der Waals surface area contributed by atoms with Gasteiger partial charge < -0.3 is 34.9 Å². The molecule has 2 saturated heterocycles. The summed E-state index contributed by atoms with van der Waals surface area (Å²) in [7, 11) is 3.16. The van der Waals surface area contributed by atoms with E-state index in [1.807, 2.05) is 24.3 Å². The second-order valence-electron chi connectivity index (χ2n) is 13.5. The highest BCUT2D eigenvalue weighted by atomic mass is 16.5. The summed E-state index contributed by atoms with van der Waals surface area (Å²) in [6.45, 7) is 0.882. The molecule has 3 aromatic rings. The minimum atomic E-state index is -1.07. The SMILES string of the molecule is COc1ccc(CC[C@@H](OC(=O)C2CCCCN2)c2cccc(OCC(=O)NCCNc3cccc4c3C(=O)N(C3CCC(=O)NC3=O)C4=O)c2)cc1OC. The van der Waals surface area contributed by atoms with Crippen molar-refractivity contribution in [3.05, 3.63) is 82.9 Å². The molecule has 3 aliphatic heterocycles. The smallest absolute Gasteiger partial charge is 0.323 e. The highest BCUT2D eigenvalue weighted by Gasteiger charge is 2.45. The molecule has 290 valence electrons. The molecule has 3 aromatic carbocycles. The number of carbonyl (C=O) groups is 6. The number of methoxy groups -OCH3 is 2. The molecule has 3 aliphatic rings. The Balaban J connectivity index is 1.03. The number of nitrogens with zero attached hydrogens (tertiary/aromatic N) is 1. The number of amides is 5. The van der Waals surface area contributed by atoms with E-state index >= 15 is 0 Å². The summed E-state index contributed by atoms with van der Waals surface area (Å²) in [5.41, 5.74) is 2.39. The van der Waals surface area contributed by atoms with Crippen molar-refractivity contribution in [2.24, 2.45) is 0 Å². The number of benzene rings is 3. The molecule has 0 spiro atoms. The van der Waals surface area contributed by atoms with Crippen LogP contribution in [0.1, 0.15) is 76.5 Å². The Kier molecular flexibility index (Phi) is 12.6. The highest BCUT2D eigenvalue weighted by Crippen LogP contribution is 2.33. The maximum absolute atomic E-state index is 13.3. The number of fused-ring (bicyclic) bond motifs is 1. The Morgan fingerprint density at radius 2 is 1.73 bits per heavy atom. The standard InChI is InChI=1S/C40H45N5O10/c1-52-32-16-13-24(21-33(32)53-2)12-15-31(55-40(51)29-10-3-4-18-41-29)25-7-5-8-26(22-25)54-23-35(47)43-20-19-42-28-11-6-9-27-36(28)39(50)45(38(27)49)30-14-17-34(46)44-37(30)48/h5-9,11,13,16,21-22,29-31,41-42H,3-4,10,12,14-15,17-20,23H2,1-2H3,(H,43,47)(H,44,46,48)/t29?,30?,31-/m1/s1. The van der Waals surface area contributed by atoms with Gasteiger partial charge in [0.1, 0.15) is 23.9 Å². The third kappa shape index (κ3) is 9.23. The zero-order valence-electron chi connectivity index (χ0n) is 30.8. The van der Waals surface area contributed by atoms with Gasteiger partial charge in [0.05, 0.1) is 25.3 Å². The van der Waals surface area contributed by atoms with Gasteiger partial charge >= 0.3 is 5.97 Å². The minimum absolute atomic E-state index is 0.0275. The maximum atomic E-state index is 13.3. The summed E-state index contributed by atoms with van der Waals surface area (Å²) in [4.78, 5) is 77.3. The van der Waals surface area contributed by atoms with Crippen LogP contribution in [0.4, 0.5) is 5.69 Å². The van der Waals surface area contributed by atoms with Gasteiger partial charge in [-0.05, 0) is 86.2 Å². The molecule has 55 heavy (non-hydrogen) atoms. The molecule has 0 radical (unpaired) electrons. The molecule has 3 atom stereocenters. The quantitative estimate of drug-likeness (QED) is 0.0952. The number of carbonyl (C=O) groups excluding carboxylic acids is 6. The highest BCUT2D eigenvalue weighted by molar-refractivity contribution is 6.25. The van der Waals surface area contributed by atoms with Crippen molar-refractivity contribution in [2.75, 3.05) is 45.8 Å². The molecule has 6 rings (SSSR count). The summed E-state index contributed by atoms with van der Waals surface area (Å²) >= 11 is 0. The van der Waals surface area contributed by atoms with Gasteiger partial charge in [0.15, 0.2) is 18.1 Å². The van der Waals surface area contributed by atoms with Gasteiger partial charge in [-0.15, -0.1) is 0 Å². The van der Waals surface area contributed by atoms with E-state index in [9.17, 15) is 28.8 Å². The van der Waals surface area contributed by atoms with E-state index in [0.717, 1.165) is 35.4 Å². The first kappa shape index (κ1) is 38.8. The van der Waals surface area contributed by atoms with E-state index < -0.39 is 35.8 Å². The topological polar surface area (TPSA) is 191 Å². The summed E-state index contributed by atoms with van der Waals surface area (Å²) in [5, 5.41) is 11.3. The lowest BCUT2D eigenvalue weighted by Gasteiger charge is -2.27. The number of anilines is 1. The van der Waals surface area contributed by atoms with E-state index in [0.29, 0.717) is 42.2 Å². The number of ether oxygens (including phenoxy) is 4. The molecule has 0 aliphatic carbocycles. The van der Waals surface area contributed by atoms with Crippen molar-refractivity contribution in [1.82, 2.24) is 20.9 Å². The van der Waals surface area contributed by atoms with Crippen LogP contribution in [0.25, 0.3) is 0 Å². The van der Waals surface area contributed by atoms with E-state index in [2.05, 4.69) is 21.3 Å². The van der Waals surface area contributed by atoms with Gasteiger partial charge in [-0.3, -0.25) is 39.0 Å². The molecule has 5 amide bonds. The number of nitrogens with one attached hydrogen (secondary N) is 4. The number of piperidine rings is 2. The van der Waals surface area contributed by atoms with Crippen LogP contribution in [0.15, 0.2) is 60.7 Å². The third-order valence-electron chi connectivity index (χ3n) is 9.83. The first-order valence-corrected chi connectivity index (χ1v) is 18.4.